The molecule has 1 heterocycles. The van der Waals surface area contributed by atoms with Crippen molar-refractivity contribution in [1.29, 1.82) is 0 Å². The molecule has 0 saturated carbocycles. The van der Waals surface area contributed by atoms with Crippen LogP contribution in [-0.4, -0.2) is 24.5 Å². The van der Waals surface area contributed by atoms with Gasteiger partial charge < -0.3 is 10.2 Å². The summed E-state index contributed by atoms with van der Waals surface area (Å²) in [5, 5.41) is 0. The van der Waals surface area contributed by atoms with Gasteiger partial charge in [-0.15, -0.1) is 0 Å². The highest BCUT2D eigenvalue weighted by molar-refractivity contribution is 4.97. The number of hydrogen-bond donors (Lipinski definition) is 1. The standard InChI is InChI=1S/C11H20N2O/c1-10(12)5-3-7-13(2)9-11-6-4-8-14-11/h4,6,8,10H,3,5,7,9,12H2,1-2H3. The maximum atomic E-state index is 5.68. The lowest BCUT2D eigenvalue weighted by Crippen LogP contribution is -2.22. The van der Waals surface area contributed by atoms with Gasteiger partial charge >= 0.3 is 0 Å². The average Bonchev–Trinajstić information content (AvgIpc) is 2.56. The zero-order valence-electron chi connectivity index (χ0n) is 9.07. The molecule has 0 aromatic carbocycles. The van der Waals surface area contributed by atoms with E-state index < -0.39 is 0 Å². The molecule has 1 atom stereocenters. The van der Waals surface area contributed by atoms with Crippen molar-refractivity contribution in [3.63, 3.8) is 0 Å². The van der Waals surface area contributed by atoms with E-state index >= 15 is 0 Å². The molecule has 80 valence electrons. The van der Waals surface area contributed by atoms with E-state index in [1.165, 1.54) is 0 Å². The van der Waals surface area contributed by atoms with E-state index in [9.17, 15) is 0 Å². The van der Waals surface area contributed by atoms with Crippen LogP contribution < -0.4 is 5.73 Å². The van der Waals surface area contributed by atoms with Crippen LogP contribution in [-0.2, 0) is 6.54 Å². The third kappa shape index (κ3) is 4.44. The monoisotopic (exact) mass is 196 g/mol. The Hall–Kier alpha value is -0.800. The predicted octanol–water partition coefficient (Wildman–Crippen LogP) is 1.84. The molecule has 2 N–H and O–H groups in total. The first-order chi connectivity index (χ1) is 6.68. The molecule has 0 aliphatic carbocycles. The lowest BCUT2D eigenvalue weighted by Gasteiger charge is -2.15. The number of furan rings is 1. The van der Waals surface area contributed by atoms with Gasteiger partial charge in [-0.05, 0) is 45.5 Å². The highest BCUT2D eigenvalue weighted by atomic mass is 16.3. The van der Waals surface area contributed by atoms with Crippen molar-refractivity contribution < 1.29 is 4.42 Å². The average molecular weight is 196 g/mol. The number of nitrogens with two attached hydrogens (primary N) is 1. The molecule has 1 unspecified atom stereocenters. The van der Waals surface area contributed by atoms with Gasteiger partial charge in [-0.3, -0.25) is 4.90 Å². The summed E-state index contributed by atoms with van der Waals surface area (Å²) in [5.41, 5.74) is 5.68. The topological polar surface area (TPSA) is 42.4 Å². The summed E-state index contributed by atoms with van der Waals surface area (Å²) >= 11 is 0. The van der Waals surface area contributed by atoms with Crippen LogP contribution >= 0.6 is 0 Å². The Labute approximate surface area is 85.9 Å². The summed E-state index contributed by atoms with van der Waals surface area (Å²) in [7, 11) is 2.10. The molecular formula is C11H20N2O. The normalized spacial score (nSPS) is 13.4. The molecule has 0 spiro atoms. The molecule has 0 aliphatic rings. The summed E-state index contributed by atoms with van der Waals surface area (Å²) < 4.78 is 5.27. The van der Waals surface area contributed by atoms with Crippen molar-refractivity contribution in [2.24, 2.45) is 5.73 Å². The van der Waals surface area contributed by atoms with Gasteiger partial charge in [-0.2, -0.15) is 0 Å². The highest BCUT2D eigenvalue weighted by Gasteiger charge is 2.02. The van der Waals surface area contributed by atoms with Gasteiger partial charge in [-0.25, -0.2) is 0 Å². The van der Waals surface area contributed by atoms with Gasteiger partial charge in [0.1, 0.15) is 5.76 Å². The summed E-state index contributed by atoms with van der Waals surface area (Å²) in [5.74, 6) is 1.02. The molecule has 3 heteroatoms. The second kappa shape index (κ2) is 5.83. The fourth-order valence-corrected chi connectivity index (χ4v) is 1.43. The fourth-order valence-electron chi connectivity index (χ4n) is 1.43. The molecule has 1 aromatic rings. The molecule has 14 heavy (non-hydrogen) atoms. The molecule has 3 nitrogen and oxygen atoms in total. The third-order valence-electron chi connectivity index (χ3n) is 2.21. The molecule has 0 aliphatic heterocycles. The summed E-state index contributed by atoms with van der Waals surface area (Å²) in [6.07, 6.45) is 3.95. The van der Waals surface area contributed by atoms with Gasteiger partial charge in [0, 0.05) is 6.04 Å². The van der Waals surface area contributed by atoms with Crippen molar-refractivity contribution in [2.75, 3.05) is 13.6 Å². The van der Waals surface area contributed by atoms with E-state index in [2.05, 4.69) is 11.9 Å². The predicted molar refractivity (Wildman–Crippen MR) is 57.9 cm³/mol. The Morgan fingerprint density at radius 3 is 2.93 bits per heavy atom. The van der Waals surface area contributed by atoms with Crippen LogP contribution in [0, 0.1) is 0 Å². The van der Waals surface area contributed by atoms with Gasteiger partial charge in [0.15, 0.2) is 0 Å². The summed E-state index contributed by atoms with van der Waals surface area (Å²) in [6.45, 7) is 4.00. The molecular weight excluding hydrogens is 176 g/mol. The maximum Gasteiger partial charge on any atom is 0.117 e. The first kappa shape index (κ1) is 11.3. The van der Waals surface area contributed by atoms with Crippen molar-refractivity contribution in [3.8, 4) is 0 Å². The van der Waals surface area contributed by atoms with Crippen LogP contribution in [0.25, 0.3) is 0 Å². The molecule has 0 amide bonds. The Morgan fingerprint density at radius 1 is 1.57 bits per heavy atom. The van der Waals surface area contributed by atoms with E-state index in [1.807, 2.05) is 19.1 Å². The number of hydrogen-bond acceptors (Lipinski definition) is 3. The minimum Gasteiger partial charge on any atom is -0.468 e. The summed E-state index contributed by atoms with van der Waals surface area (Å²) in [4.78, 5) is 2.25. The SMILES string of the molecule is CC(N)CCCN(C)Cc1ccco1. The molecule has 0 saturated heterocycles. The maximum absolute atomic E-state index is 5.68. The minimum atomic E-state index is 0.312. The Morgan fingerprint density at radius 2 is 2.36 bits per heavy atom. The van der Waals surface area contributed by atoms with Gasteiger partial charge in [0.25, 0.3) is 0 Å². The lowest BCUT2D eigenvalue weighted by atomic mass is 10.2. The first-order valence-corrected chi connectivity index (χ1v) is 5.15. The second-order valence-corrected chi connectivity index (χ2v) is 3.94. The lowest BCUT2D eigenvalue weighted by molar-refractivity contribution is 0.287. The van der Waals surface area contributed by atoms with Crippen molar-refractivity contribution in [1.82, 2.24) is 4.90 Å². The van der Waals surface area contributed by atoms with Crippen molar-refractivity contribution in [3.05, 3.63) is 24.2 Å². The van der Waals surface area contributed by atoms with Gasteiger partial charge in [-0.1, -0.05) is 0 Å². The number of nitrogens with zero attached hydrogens (tertiary/aromatic N) is 1. The molecule has 0 radical (unpaired) electrons. The molecule has 1 aromatic heterocycles. The van der Waals surface area contributed by atoms with E-state index in [-0.39, 0.29) is 0 Å². The van der Waals surface area contributed by atoms with E-state index in [0.717, 1.165) is 31.7 Å². The van der Waals surface area contributed by atoms with Gasteiger partial charge in [0.2, 0.25) is 0 Å². The summed E-state index contributed by atoms with van der Waals surface area (Å²) in [6, 6.07) is 4.24. The quantitative estimate of drug-likeness (QED) is 0.755. The van der Waals surface area contributed by atoms with Gasteiger partial charge in [0.05, 0.1) is 12.8 Å². The Kier molecular flexibility index (Phi) is 4.70. The van der Waals surface area contributed by atoms with Crippen LogP contribution in [0.4, 0.5) is 0 Å². The second-order valence-electron chi connectivity index (χ2n) is 3.94. The van der Waals surface area contributed by atoms with E-state index in [0.29, 0.717) is 6.04 Å². The first-order valence-electron chi connectivity index (χ1n) is 5.15. The largest absolute Gasteiger partial charge is 0.468 e. The minimum absolute atomic E-state index is 0.312. The highest BCUT2D eigenvalue weighted by Crippen LogP contribution is 2.04. The van der Waals surface area contributed by atoms with Crippen LogP contribution in [0.5, 0.6) is 0 Å². The van der Waals surface area contributed by atoms with Crippen molar-refractivity contribution in [2.45, 2.75) is 32.4 Å². The van der Waals surface area contributed by atoms with E-state index in [4.69, 9.17) is 10.2 Å². The Balaban J connectivity index is 2.13. The van der Waals surface area contributed by atoms with Crippen LogP contribution in [0.3, 0.4) is 0 Å². The third-order valence-corrected chi connectivity index (χ3v) is 2.21. The van der Waals surface area contributed by atoms with Crippen molar-refractivity contribution >= 4 is 0 Å². The smallest absolute Gasteiger partial charge is 0.117 e. The Bertz CT molecular complexity index is 231. The molecule has 0 bridgehead atoms. The fraction of sp³-hybridized carbons (Fsp3) is 0.636. The molecule has 1 rings (SSSR count). The van der Waals surface area contributed by atoms with Crippen LogP contribution in [0.2, 0.25) is 0 Å². The molecule has 0 fully saturated rings. The zero-order chi connectivity index (χ0) is 10.4. The van der Waals surface area contributed by atoms with E-state index in [1.54, 1.807) is 6.26 Å². The number of rotatable bonds is 6. The van der Waals surface area contributed by atoms with Crippen LogP contribution in [0.15, 0.2) is 22.8 Å². The van der Waals surface area contributed by atoms with Crippen LogP contribution in [0.1, 0.15) is 25.5 Å². The zero-order valence-corrected chi connectivity index (χ0v) is 9.07.